The summed E-state index contributed by atoms with van der Waals surface area (Å²) in [4.78, 5) is 37.2. The van der Waals surface area contributed by atoms with E-state index in [4.69, 9.17) is 9.47 Å². The minimum absolute atomic E-state index is 0.281. The molecule has 0 aliphatic carbocycles. The van der Waals surface area contributed by atoms with E-state index in [1.165, 1.54) is 57.8 Å². The molecule has 7 heteroatoms. The first-order valence-corrected chi connectivity index (χ1v) is 13.7. The smallest absolute Gasteiger partial charge is 0.408 e. The molecule has 0 bridgehead atoms. The highest BCUT2D eigenvalue weighted by atomic mass is 16.6. The van der Waals surface area contributed by atoms with Gasteiger partial charge < -0.3 is 20.1 Å². The molecule has 1 aromatic carbocycles. The third-order valence-corrected chi connectivity index (χ3v) is 5.73. The van der Waals surface area contributed by atoms with Gasteiger partial charge in [0.25, 0.3) is 0 Å². The Bertz CT molecular complexity index is 746. The van der Waals surface area contributed by atoms with E-state index in [1.54, 1.807) is 51.1 Å². The van der Waals surface area contributed by atoms with E-state index in [2.05, 4.69) is 17.6 Å². The molecule has 0 spiro atoms. The van der Waals surface area contributed by atoms with Crippen LogP contribution in [-0.2, 0) is 14.3 Å². The Labute approximate surface area is 218 Å². The monoisotopic (exact) mass is 504 g/mol. The Morgan fingerprint density at radius 2 is 1.33 bits per heavy atom. The van der Waals surface area contributed by atoms with Crippen LogP contribution in [0.4, 0.5) is 4.79 Å². The van der Waals surface area contributed by atoms with Crippen LogP contribution in [0.3, 0.4) is 0 Å². The number of benzene rings is 1. The second-order valence-electron chi connectivity index (χ2n) is 10.3. The molecule has 2 amide bonds. The van der Waals surface area contributed by atoms with Crippen LogP contribution < -0.4 is 10.6 Å². The number of unbranched alkanes of at least 4 members (excludes halogenated alkanes) is 11. The molecule has 0 saturated heterocycles. The predicted octanol–water partition coefficient (Wildman–Crippen LogP) is 6.55. The molecule has 1 aromatic rings. The average molecular weight is 505 g/mol. The summed E-state index contributed by atoms with van der Waals surface area (Å²) >= 11 is 0. The summed E-state index contributed by atoms with van der Waals surface area (Å²) in [6, 6.07) is 7.48. The number of carbonyl (C=O) groups excluding carboxylic acids is 3. The summed E-state index contributed by atoms with van der Waals surface area (Å²) in [6.45, 7) is 7.70. The highest BCUT2D eigenvalue weighted by Gasteiger charge is 2.25. The zero-order valence-corrected chi connectivity index (χ0v) is 22.9. The Morgan fingerprint density at radius 1 is 0.806 bits per heavy atom. The lowest BCUT2D eigenvalue weighted by Crippen LogP contribution is -2.51. The van der Waals surface area contributed by atoms with Gasteiger partial charge in [0.2, 0.25) is 5.91 Å². The Hall–Kier alpha value is -2.57. The number of rotatable bonds is 18. The number of alkyl carbamates (subject to hydrolysis) is 1. The van der Waals surface area contributed by atoms with Crippen LogP contribution in [0.2, 0.25) is 0 Å². The van der Waals surface area contributed by atoms with E-state index in [9.17, 15) is 14.4 Å². The molecule has 2 N–H and O–H groups in total. The van der Waals surface area contributed by atoms with Gasteiger partial charge in [-0.1, -0.05) is 95.8 Å². The molecule has 0 heterocycles. The van der Waals surface area contributed by atoms with Crippen LogP contribution in [0, 0.1) is 0 Å². The third kappa shape index (κ3) is 16.2. The number of hydrogen-bond donors (Lipinski definition) is 2. The maximum Gasteiger partial charge on any atom is 0.408 e. The fraction of sp³-hybridized carbons (Fsp3) is 0.690. The molecule has 0 radical (unpaired) electrons. The van der Waals surface area contributed by atoms with E-state index >= 15 is 0 Å². The average Bonchev–Trinajstić information content (AvgIpc) is 2.83. The number of carbonyl (C=O) groups is 3. The van der Waals surface area contributed by atoms with Gasteiger partial charge in [-0.15, -0.1) is 0 Å². The molecule has 0 aliphatic rings. The van der Waals surface area contributed by atoms with Crippen molar-refractivity contribution in [2.24, 2.45) is 0 Å². The number of esters is 1. The minimum Gasteiger partial charge on any atom is -0.459 e. The lowest BCUT2D eigenvalue weighted by molar-refractivity contribution is -0.124. The third-order valence-electron chi connectivity index (χ3n) is 5.73. The van der Waals surface area contributed by atoms with Crippen LogP contribution in [0.25, 0.3) is 0 Å². The largest absolute Gasteiger partial charge is 0.459 e. The summed E-state index contributed by atoms with van der Waals surface area (Å²) in [5, 5.41) is 5.38. The number of nitrogens with one attached hydrogen (secondary N) is 2. The number of ether oxygens (including phenoxy) is 2. The van der Waals surface area contributed by atoms with Crippen LogP contribution in [0.15, 0.2) is 30.3 Å². The lowest BCUT2D eigenvalue weighted by Gasteiger charge is -2.23. The van der Waals surface area contributed by atoms with Crippen molar-refractivity contribution in [1.29, 1.82) is 0 Å². The zero-order valence-electron chi connectivity index (χ0n) is 22.9. The van der Waals surface area contributed by atoms with Crippen LogP contribution in [0.5, 0.6) is 0 Å². The predicted molar refractivity (Wildman–Crippen MR) is 144 cm³/mol. The number of amides is 2. The van der Waals surface area contributed by atoms with Gasteiger partial charge >= 0.3 is 12.1 Å². The summed E-state index contributed by atoms with van der Waals surface area (Å²) in [7, 11) is 0. The SMILES string of the molecule is CCCCCCCCCCCCCCNC(=O)[C@H](COC(=O)c1ccccc1)NC(=O)OC(C)(C)C. The quantitative estimate of drug-likeness (QED) is 0.175. The van der Waals surface area contributed by atoms with Crippen LogP contribution in [-0.4, -0.2) is 42.8 Å². The van der Waals surface area contributed by atoms with Gasteiger partial charge in [-0.3, -0.25) is 4.79 Å². The van der Waals surface area contributed by atoms with Crippen molar-refractivity contribution < 1.29 is 23.9 Å². The molecule has 1 atom stereocenters. The van der Waals surface area contributed by atoms with Crippen molar-refractivity contribution >= 4 is 18.0 Å². The maximum absolute atomic E-state index is 12.7. The summed E-state index contributed by atoms with van der Waals surface area (Å²) in [6.07, 6.45) is 14.2. The van der Waals surface area contributed by atoms with Gasteiger partial charge in [-0.05, 0) is 39.3 Å². The molecule has 7 nitrogen and oxygen atoms in total. The van der Waals surface area contributed by atoms with E-state index in [1.807, 2.05) is 0 Å². The van der Waals surface area contributed by atoms with Gasteiger partial charge in [0.15, 0.2) is 0 Å². The van der Waals surface area contributed by atoms with E-state index in [-0.39, 0.29) is 6.61 Å². The van der Waals surface area contributed by atoms with Crippen molar-refractivity contribution in [3.8, 4) is 0 Å². The summed E-state index contributed by atoms with van der Waals surface area (Å²) in [5.41, 5.74) is -0.327. The molecule has 0 fully saturated rings. The van der Waals surface area contributed by atoms with Crippen molar-refractivity contribution in [1.82, 2.24) is 10.6 Å². The zero-order chi connectivity index (χ0) is 26.7. The summed E-state index contributed by atoms with van der Waals surface area (Å²) in [5.74, 6) is -0.954. The topological polar surface area (TPSA) is 93.7 Å². The second kappa shape index (κ2) is 18.7. The fourth-order valence-corrected chi connectivity index (χ4v) is 3.75. The van der Waals surface area contributed by atoms with Gasteiger partial charge in [0, 0.05) is 6.54 Å². The number of hydrogen-bond acceptors (Lipinski definition) is 5. The molecule has 0 aliphatic heterocycles. The van der Waals surface area contributed by atoms with Gasteiger partial charge in [0.1, 0.15) is 18.2 Å². The highest BCUT2D eigenvalue weighted by molar-refractivity contribution is 5.90. The molecule has 0 unspecified atom stereocenters. The van der Waals surface area contributed by atoms with E-state index in [0.29, 0.717) is 12.1 Å². The van der Waals surface area contributed by atoms with Crippen molar-refractivity contribution in [2.45, 2.75) is 116 Å². The second-order valence-corrected chi connectivity index (χ2v) is 10.3. The van der Waals surface area contributed by atoms with Gasteiger partial charge in [-0.2, -0.15) is 0 Å². The Morgan fingerprint density at radius 3 is 1.86 bits per heavy atom. The van der Waals surface area contributed by atoms with Crippen LogP contribution >= 0.6 is 0 Å². The Kier molecular flexibility index (Phi) is 16.3. The minimum atomic E-state index is -1.04. The molecule has 1 rings (SSSR count). The molecule has 36 heavy (non-hydrogen) atoms. The van der Waals surface area contributed by atoms with Crippen molar-refractivity contribution in [3.63, 3.8) is 0 Å². The van der Waals surface area contributed by atoms with Crippen molar-refractivity contribution in [2.75, 3.05) is 13.2 Å². The first-order valence-electron chi connectivity index (χ1n) is 13.7. The van der Waals surface area contributed by atoms with Gasteiger partial charge in [0.05, 0.1) is 5.56 Å². The molecule has 0 aromatic heterocycles. The molecular weight excluding hydrogens is 456 g/mol. The first kappa shape index (κ1) is 31.5. The maximum atomic E-state index is 12.7. The van der Waals surface area contributed by atoms with Crippen LogP contribution in [0.1, 0.15) is 115 Å². The molecule has 204 valence electrons. The molecular formula is C29H48N2O5. The first-order chi connectivity index (χ1) is 17.2. The van der Waals surface area contributed by atoms with Gasteiger partial charge in [-0.25, -0.2) is 9.59 Å². The lowest BCUT2D eigenvalue weighted by atomic mass is 10.1. The van der Waals surface area contributed by atoms with E-state index in [0.717, 1.165) is 19.3 Å². The highest BCUT2D eigenvalue weighted by Crippen LogP contribution is 2.12. The summed E-state index contributed by atoms with van der Waals surface area (Å²) < 4.78 is 10.6. The normalized spacial score (nSPS) is 12.0. The Balaban J connectivity index is 2.33. The van der Waals surface area contributed by atoms with E-state index < -0.39 is 29.6 Å². The van der Waals surface area contributed by atoms with Crippen molar-refractivity contribution in [3.05, 3.63) is 35.9 Å². The fourth-order valence-electron chi connectivity index (χ4n) is 3.75. The molecule has 0 saturated carbocycles. The standard InChI is InChI=1S/C29H48N2O5/c1-5-6-7-8-9-10-11-12-13-14-15-19-22-30-26(32)25(31-28(34)36-29(2,3)4)23-35-27(33)24-20-17-16-18-21-24/h16-18,20-21,25H,5-15,19,22-23H2,1-4H3,(H,30,32)(H,31,34)/t25-/m0/s1.